The van der Waals surface area contributed by atoms with Gasteiger partial charge in [0.25, 0.3) is 5.91 Å². The minimum absolute atomic E-state index is 0.0220. The molecule has 152 valence electrons. The Kier molecular flexibility index (Phi) is 4.20. The molecule has 29 heavy (non-hydrogen) atoms. The van der Waals surface area contributed by atoms with Crippen molar-refractivity contribution in [3.63, 3.8) is 0 Å². The Balaban J connectivity index is 2.01. The van der Waals surface area contributed by atoms with E-state index in [9.17, 15) is 30.0 Å². The van der Waals surface area contributed by atoms with Crippen LogP contribution in [0.5, 0.6) is 5.75 Å². The molecule has 0 radical (unpaired) electrons. The standard InChI is InChI=1S/C21H22N2O6/c1-23(2)16-10-7-9-6-8-4-3-5-11(24)12(8)17(25)13(9)18(26)14(10)19(27)15(20(16)28)21(22)29/h3-5,9-10,16,24-27H,6-7H2,1-2H3,(H2,22,29)/t9-,10+,16-/m0/s1. The molecule has 0 aromatic heterocycles. The minimum atomic E-state index is -1.08. The summed E-state index contributed by atoms with van der Waals surface area (Å²) in [6.45, 7) is 0. The Labute approximate surface area is 166 Å². The van der Waals surface area contributed by atoms with Crippen molar-refractivity contribution in [1.82, 2.24) is 4.90 Å². The van der Waals surface area contributed by atoms with Gasteiger partial charge in [-0.15, -0.1) is 0 Å². The van der Waals surface area contributed by atoms with Gasteiger partial charge >= 0.3 is 0 Å². The molecule has 0 heterocycles. The van der Waals surface area contributed by atoms with Gasteiger partial charge in [-0.3, -0.25) is 14.5 Å². The Hall–Kier alpha value is -3.26. The van der Waals surface area contributed by atoms with Crippen LogP contribution in [0.3, 0.4) is 0 Å². The monoisotopic (exact) mass is 398 g/mol. The molecule has 4 rings (SSSR count). The maximum absolute atomic E-state index is 12.9. The molecule has 0 fully saturated rings. The normalized spacial score (nSPS) is 26.4. The lowest BCUT2D eigenvalue weighted by Crippen LogP contribution is -2.51. The molecule has 3 aliphatic rings. The second-order valence-electron chi connectivity index (χ2n) is 7.94. The maximum atomic E-state index is 12.9. The lowest BCUT2D eigenvalue weighted by Gasteiger charge is -2.43. The highest BCUT2D eigenvalue weighted by Gasteiger charge is 2.50. The first-order valence-electron chi connectivity index (χ1n) is 9.27. The number of amides is 1. The van der Waals surface area contributed by atoms with Crippen molar-refractivity contribution in [3.05, 3.63) is 57.6 Å². The number of hydrogen-bond acceptors (Lipinski definition) is 7. The van der Waals surface area contributed by atoms with Crippen LogP contribution in [-0.4, -0.2) is 57.2 Å². The van der Waals surface area contributed by atoms with Gasteiger partial charge in [-0.1, -0.05) is 12.1 Å². The van der Waals surface area contributed by atoms with Crippen molar-refractivity contribution < 1.29 is 30.0 Å². The highest BCUT2D eigenvalue weighted by molar-refractivity contribution is 6.22. The van der Waals surface area contributed by atoms with Crippen LogP contribution in [0.15, 0.2) is 46.4 Å². The first-order valence-corrected chi connectivity index (χ1v) is 9.27. The number of phenols is 1. The number of nitrogens with zero attached hydrogens (tertiary/aromatic N) is 1. The van der Waals surface area contributed by atoms with Crippen LogP contribution in [0.4, 0.5) is 0 Å². The van der Waals surface area contributed by atoms with Gasteiger partial charge in [0.1, 0.15) is 28.6 Å². The van der Waals surface area contributed by atoms with Crippen molar-refractivity contribution in [2.24, 2.45) is 17.6 Å². The summed E-state index contributed by atoms with van der Waals surface area (Å²) in [6, 6.07) is 4.11. The van der Waals surface area contributed by atoms with Gasteiger partial charge in [0.05, 0.1) is 11.6 Å². The number of Topliss-reactive ketones (excluding diaryl/α,β-unsaturated/α-hetero) is 1. The van der Waals surface area contributed by atoms with E-state index in [1.54, 1.807) is 31.1 Å². The molecule has 3 atom stereocenters. The van der Waals surface area contributed by atoms with Crippen molar-refractivity contribution in [2.75, 3.05) is 14.1 Å². The predicted molar refractivity (Wildman–Crippen MR) is 104 cm³/mol. The largest absolute Gasteiger partial charge is 0.507 e. The van der Waals surface area contributed by atoms with E-state index in [4.69, 9.17) is 5.73 Å². The second-order valence-corrected chi connectivity index (χ2v) is 7.94. The van der Waals surface area contributed by atoms with Gasteiger partial charge in [-0.2, -0.15) is 0 Å². The Morgan fingerprint density at radius 1 is 1.07 bits per heavy atom. The number of primary amides is 1. The van der Waals surface area contributed by atoms with Crippen LogP contribution in [0.2, 0.25) is 0 Å². The smallest absolute Gasteiger partial charge is 0.256 e. The zero-order chi connectivity index (χ0) is 21.2. The third-order valence-electron chi connectivity index (χ3n) is 6.11. The van der Waals surface area contributed by atoms with Crippen molar-refractivity contribution in [2.45, 2.75) is 18.9 Å². The molecule has 0 saturated carbocycles. The number of ketones is 1. The quantitative estimate of drug-likeness (QED) is 0.475. The van der Waals surface area contributed by atoms with Gasteiger partial charge < -0.3 is 26.2 Å². The first-order chi connectivity index (χ1) is 13.6. The molecule has 8 heteroatoms. The Morgan fingerprint density at radius 2 is 1.76 bits per heavy atom. The second kappa shape index (κ2) is 6.38. The molecule has 1 amide bonds. The van der Waals surface area contributed by atoms with E-state index in [0.29, 0.717) is 12.8 Å². The molecular weight excluding hydrogens is 376 g/mol. The summed E-state index contributed by atoms with van der Waals surface area (Å²) in [6.07, 6.45) is 0.803. The lowest BCUT2D eigenvalue weighted by atomic mass is 9.65. The Morgan fingerprint density at radius 3 is 2.38 bits per heavy atom. The number of likely N-dealkylation sites (N-methyl/N-ethyl adjacent to an activating group) is 1. The molecule has 8 nitrogen and oxygen atoms in total. The summed E-state index contributed by atoms with van der Waals surface area (Å²) in [5.41, 5.74) is 5.94. The highest BCUT2D eigenvalue weighted by atomic mass is 16.3. The fourth-order valence-corrected chi connectivity index (χ4v) is 4.97. The Bertz CT molecular complexity index is 1050. The van der Waals surface area contributed by atoms with Crippen molar-refractivity contribution in [3.8, 4) is 5.75 Å². The number of nitrogens with two attached hydrogens (primary N) is 1. The first kappa shape index (κ1) is 19.1. The van der Waals surface area contributed by atoms with Gasteiger partial charge in [-0.05, 0) is 44.5 Å². The topological polar surface area (TPSA) is 144 Å². The maximum Gasteiger partial charge on any atom is 0.256 e. The molecule has 6 N–H and O–H groups in total. The average molecular weight is 398 g/mol. The van der Waals surface area contributed by atoms with E-state index in [1.165, 1.54) is 6.07 Å². The van der Waals surface area contributed by atoms with Gasteiger partial charge in [0.2, 0.25) is 0 Å². The van der Waals surface area contributed by atoms with Crippen LogP contribution < -0.4 is 5.73 Å². The summed E-state index contributed by atoms with van der Waals surface area (Å²) < 4.78 is 0. The van der Waals surface area contributed by atoms with Crippen LogP contribution in [0.25, 0.3) is 5.76 Å². The summed E-state index contributed by atoms with van der Waals surface area (Å²) in [7, 11) is 3.35. The summed E-state index contributed by atoms with van der Waals surface area (Å²) >= 11 is 0. The summed E-state index contributed by atoms with van der Waals surface area (Å²) in [5.74, 6) is -3.99. The zero-order valence-electron chi connectivity index (χ0n) is 16.0. The molecule has 3 aliphatic carbocycles. The molecular formula is C21H22N2O6. The molecule has 0 spiro atoms. The van der Waals surface area contributed by atoms with Crippen molar-refractivity contribution in [1.29, 1.82) is 0 Å². The number of carbonyl (C=O) groups excluding carboxylic acids is 2. The third kappa shape index (κ3) is 2.56. The summed E-state index contributed by atoms with van der Waals surface area (Å²) in [4.78, 5) is 26.4. The number of carbonyl (C=O) groups is 2. The fraction of sp³-hybridized carbons (Fsp3) is 0.333. The van der Waals surface area contributed by atoms with Crippen LogP contribution >= 0.6 is 0 Å². The van der Waals surface area contributed by atoms with E-state index in [2.05, 4.69) is 0 Å². The number of fused-ring (bicyclic) bond motifs is 3. The number of rotatable bonds is 2. The predicted octanol–water partition coefficient (Wildman–Crippen LogP) is 1.48. The molecule has 0 unspecified atom stereocenters. The van der Waals surface area contributed by atoms with E-state index >= 15 is 0 Å². The molecule has 0 bridgehead atoms. The van der Waals surface area contributed by atoms with E-state index < -0.39 is 35.0 Å². The van der Waals surface area contributed by atoms with Gasteiger partial charge in [0, 0.05) is 17.1 Å². The average Bonchev–Trinajstić information content (AvgIpc) is 2.60. The van der Waals surface area contributed by atoms with Crippen LogP contribution in [-0.2, 0) is 16.0 Å². The zero-order valence-corrected chi connectivity index (χ0v) is 16.0. The number of phenolic OH excluding ortho intramolecular Hbond substituents is 1. The third-order valence-corrected chi connectivity index (χ3v) is 6.11. The van der Waals surface area contributed by atoms with Crippen molar-refractivity contribution >= 4 is 17.4 Å². The molecule has 0 aliphatic heterocycles. The molecule has 0 saturated heterocycles. The van der Waals surface area contributed by atoms with E-state index in [1.807, 2.05) is 0 Å². The minimum Gasteiger partial charge on any atom is -0.507 e. The highest BCUT2D eigenvalue weighted by Crippen LogP contribution is 2.51. The fourth-order valence-electron chi connectivity index (χ4n) is 4.97. The van der Waals surface area contributed by atoms with E-state index in [-0.39, 0.29) is 39.9 Å². The number of aliphatic hydroxyl groups excluding tert-OH is 3. The number of aliphatic hydroxyl groups is 3. The SMILES string of the molecule is CN(C)[C@@H]1C(=O)C(C(N)=O)=C(O)C2=C(O)C3=C(O)c4c(O)cccc4C[C@H]3C[C@H]21. The summed E-state index contributed by atoms with van der Waals surface area (Å²) in [5, 5.41) is 42.7. The molecule has 1 aromatic carbocycles. The number of benzene rings is 1. The number of hydrogen-bond donors (Lipinski definition) is 5. The number of aromatic hydroxyl groups is 1. The van der Waals surface area contributed by atoms with E-state index in [0.717, 1.165) is 5.56 Å². The van der Waals surface area contributed by atoms with Gasteiger partial charge in [0.15, 0.2) is 5.78 Å². The van der Waals surface area contributed by atoms with Crippen LogP contribution in [0.1, 0.15) is 17.5 Å². The van der Waals surface area contributed by atoms with Crippen LogP contribution in [0, 0.1) is 11.8 Å². The molecule has 1 aromatic rings. The van der Waals surface area contributed by atoms with Gasteiger partial charge in [-0.25, -0.2) is 0 Å². The number of allylic oxidation sites excluding steroid dienone is 2. The lowest BCUT2D eigenvalue weighted by molar-refractivity contribution is -0.125.